The zero-order valence-corrected chi connectivity index (χ0v) is 12.4. The molecule has 1 aromatic heterocycles. The topological polar surface area (TPSA) is 44.9 Å². The van der Waals surface area contributed by atoms with Gasteiger partial charge in [0.1, 0.15) is 0 Å². The molecule has 0 saturated carbocycles. The largest absolute Gasteiger partial charge is 0.322 e. The third-order valence-electron chi connectivity index (χ3n) is 3.55. The van der Waals surface area contributed by atoms with Gasteiger partial charge in [-0.2, -0.15) is 0 Å². The summed E-state index contributed by atoms with van der Waals surface area (Å²) in [6, 6.07) is 10.1. The van der Waals surface area contributed by atoms with Crippen LogP contribution in [0.25, 0.3) is 11.3 Å². The Morgan fingerprint density at radius 2 is 1.90 bits per heavy atom. The van der Waals surface area contributed by atoms with Crippen LogP contribution < -0.4 is 10.9 Å². The quantitative estimate of drug-likeness (QED) is 0.820. The molecule has 106 valence electrons. The summed E-state index contributed by atoms with van der Waals surface area (Å²) in [6.45, 7) is 7.83. The van der Waals surface area contributed by atoms with Gasteiger partial charge in [-0.25, -0.2) is 0 Å². The number of nitrogens with one attached hydrogen (secondary N) is 2. The van der Waals surface area contributed by atoms with Gasteiger partial charge >= 0.3 is 0 Å². The number of aromatic amines is 1. The van der Waals surface area contributed by atoms with Crippen LogP contribution in [-0.4, -0.2) is 11.5 Å². The molecule has 0 bridgehead atoms. The SMILES string of the molecule is CCCNCc1ccc(-c2ccc(C)c(C)c2)[nH]c1=O. The molecule has 1 heterocycles. The summed E-state index contributed by atoms with van der Waals surface area (Å²) in [5.74, 6) is 0. The van der Waals surface area contributed by atoms with Crippen LogP contribution in [0, 0.1) is 13.8 Å². The molecule has 1 aromatic carbocycles. The fourth-order valence-electron chi connectivity index (χ4n) is 2.12. The average molecular weight is 270 g/mol. The predicted octanol–water partition coefficient (Wildman–Crippen LogP) is 3.16. The highest BCUT2D eigenvalue weighted by molar-refractivity contribution is 5.60. The first-order valence-corrected chi connectivity index (χ1v) is 7.12. The van der Waals surface area contributed by atoms with Crippen molar-refractivity contribution in [2.24, 2.45) is 0 Å². The van der Waals surface area contributed by atoms with Crippen LogP contribution in [0.1, 0.15) is 30.0 Å². The normalized spacial score (nSPS) is 10.8. The minimum Gasteiger partial charge on any atom is -0.322 e. The van der Waals surface area contributed by atoms with Gasteiger partial charge in [-0.05, 0) is 55.6 Å². The molecule has 0 fully saturated rings. The van der Waals surface area contributed by atoms with Crippen molar-refractivity contribution in [3.63, 3.8) is 0 Å². The molecule has 2 N–H and O–H groups in total. The van der Waals surface area contributed by atoms with Gasteiger partial charge in [-0.1, -0.05) is 25.1 Å². The molecule has 0 spiro atoms. The molecule has 0 amide bonds. The molecule has 2 aromatic rings. The van der Waals surface area contributed by atoms with E-state index < -0.39 is 0 Å². The van der Waals surface area contributed by atoms with E-state index in [0.717, 1.165) is 29.8 Å². The fraction of sp³-hybridized carbons (Fsp3) is 0.353. The Morgan fingerprint density at radius 1 is 1.10 bits per heavy atom. The first-order chi connectivity index (χ1) is 9.61. The third-order valence-corrected chi connectivity index (χ3v) is 3.55. The van der Waals surface area contributed by atoms with E-state index in [0.29, 0.717) is 6.54 Å². The van der Waals surface area contributed by atoms with Crippen LogP contribution >= 0.6 is 0 Å². The highest BCUT2D eigenvalue weighted by atomic mass is 16.1. The van der Waals surface area contributed by atoms with Gasteiger partial charge in [0.05, 0.1) is 0 Å². The van der Waals surface area contributed by atoms with Gasteiger partial charge in [0.15, 0.2) is 0 Å². The summed E-state index contributed by atoms with van der Waals surface area (Å²) in [4.78, 5) is 15.0. The standard InChI is InChI=1S/C17H22N2O/c1-4-9-18-11-15-7-8-16(19-17(15)20)14-6-5-12(2)13(3)10-14/h5-8,10,18H,4,9,11H2,1-3H3,(H,19,20). The van der Waals surface area contributed by atoms with E-state index in [-0.39, 0.29) is 5.56 Å². The van der Waals surface area contributed by atoms with E-state index >= 15 is 0 Å². The van der Waals surface area contributed by atoms with E-state index in [2.05, 4.69) is 43.2 Å². The molecule has 0 atom stereocenters. The Hall–Kier alpha value is -1.87. The van der Waals surface area contributed by atoms with E-state index in [9.17, 15) is 4.79 Å². The molecule has 0 saturated heterocycles. The molecule has 0 radical (unpaired) electrons. The molecular weight excluding hydrogens is 248 g/mol. The minimum absolute atomic E-state index is 0.00988. The van der Waals surface area contributed by atoms with Crippen LogP contribution in [0.4, 0.5) is 0 Å². The van der Waals surface area contributed by atoms with Crippen LogP contribution in [0.5, 0.6) is 0 Å². The molecule has 3 nitrogen and oxygen atoms in total. The summed E-state index contributed by atoms with van der Waals surface area (Å²) in [5.41, 5.74) is 5.19. The first kappa shape index (κ1) is 14.5. The van der Waals surface area contributed by atoms with Crippen LogP contribution in [-0.2, 0) is 6.54 Å². The lowest BCUT2D eigenvalue weighted by atomic mass is 10.0. The zero-order valence-electron chi connectivity index (χ0n) is 12.4. The number of aromatic nitrogens is 1. The molecule has 0 unspecified atom stereocenters. The highest BCUT2D eigenvalue weighted by Gasteiger charge is 2.04. The van der Waals surface area contributed by atoms with Crippen molar-refractivity contribution in [1.29, 1.82) is 0 Å². The van der Waals surface area contributed by atoms with Crippen molar-refractivity contribution >= 4 is 0 Å². The molecule has 3 heteroatoms. The highest BCUT2D eigenvalue weighted by Crippen LogP contribution is 2.19. The zero-order chi connectivity index (χ0) is 14.5. The van der Waals surface area contributed by atoms with Gasteiger partial charge in [-0.3, -0.25) is 4.79 Å². The monoisotopic (exact) mass is 270 g/mol. The van der Waals surface area contributed by atoms with Crippen LogP contribution in [0.2, 0.25) is 0 Å². The van der Waals surface area contributed by atoms with E-state index in [1.54, 1.807) is 0 Å². The maximum Gasteiger partial charge on any atom is 0.252 e. The van der Waals surface area contributed by atoms with Crippen molar-refractivity contribution in [2.75, 3.05) is 6.54 Å². The number of aryl methyl sites for hydroxylation is 2. The van der Waals surface area contributed by atoms with Gasteiger partial charge in [-0.15, -0.1) is 0 Å². The third kappa shape index (κ3) is 3.36. The summed E-state index contributed by atoms with van der Waals surface area (Å²) in [5, 5.41) is 3.25. The Balaban J connectivity index is 2.24. The number of H-pyrrole nitrogens is 1. The van der Waals surface area contributed by atoms with Gasteiger partial charge in [0, 0.05) is 17.8 Å². The minimum atomic E-state index is -0.00988. The number of hydrogen-bond donors (Lipinski definition) is 2. The lowest BCUT2D eigenvalue weighted by Crippen LogP contribution is -2.21. The Morgan fingerprint density at radius 3 is 2.55 bits per heavy atom. The van der Waals surface area contributed by atoms with Crippen LogP contribution in [0.15, 0.2) is 35.1 Å². The first-order valence-electron chi connectivity index (χ1n) is 7.12. The maximum atomic E-state index is 12.1. The van der Waals surface area contributed by atoms with E-state index in [4.69, 9.17) is 0 Å². The van der Waals surface area contributed by atoms with E-state index in [1.807, 2.05) is 18.2 Å². The number of hydrogen-bond acceptors (Lipinski definition) is 2. The van der Waals surface area contributed by atoms with Crippen LogP contribution in [0.3, 0.4) is 0 Å². The maximum absolute atomic E-state index is 12.1. The number of rotatable bonds is 5. The molecule has 20 heavy (non-hydrogen) atoms. The number of benzene rings is 1. The number of pyridine rings is 1. The molecule has 2 rings (SSSR count). The van der Waals surface area contributed by atoms with Crippen molar-refractivity contribution in [3.8, 4) is 11.3 Å². The van der Waals surface area contributed by atoms with Crippen molar-refractivity contribution in [2.45, 2.75) is 33.7 Å². The predicted molar refractivity (Wildman–Crippen MR) is 84.0 cm³/mol. The molecule has 0 aliphatic carbocycles. The summed E-state index contributed by atoms with van der Waals surface area (Å²) >= 11 is 0. The summed E-state index contributed by atoms with van der Waals surface area (Å²) in [7, 11) is 0. The second-order valence-corrected chi connectivity index (χ2v) is 5.20. The lowest BCUT2D eigenvalue weighted by Gasteiger charge is -2.07. The molecular formula is C17H22N2O. The molecule has 0 aliphatic rings. The van der Waals surface area contributed by atoms with Gasteiger partial charge < -0.3 is 10.3 Å². The lowest BCUT2D eigenvalue weighted by molar-refractivity contribution is 0.671. The Bertz CT molecular complexity index is 644. The smallest absolute Gasteiger partial charge is 0.252 e. The summed E-state index contributed by atoms with van der Waals surface area (Å²) in [6.07, 6.45) is 1.07. The van der Waals surface area contributed by atoms with Gasteiger partial charge in [0.25, 0.3) is 5.56 Å². The average Bonchev–Trinajstić information content (AvgIpc) is 2.44. The van der Waals surface area contributed by atoms with Crippen molar-refractivity contribution < 1.29 is 0 Å². The van der Waals surface area contributed by atoms with E-state index in [1.165, 1.54) is 11.1 Å². The molecule has 0 aliphatic heterocycles. The second kappa shape index (κ2) is 6.53. The van der Waals surface area contributed by atoms with Gasteiger partial charge in [0.2, 0.25) is 0 Å². The Kier molecular flexibility index (Phi) is 4.74. The van der Waals surface area contributed by atoms with Crippen molar-refractivity contribution in [1.82, 2.24) is 10.3 Å². The second-order valence-electron chi connectivity index (χ2n) is 5.20. The van der Waals surface area contributed by atoms with Crippen molar-refractivity contribution in [3.05, 3.63) is 57.4 Å². The Labute approximate surface area is 120 Å². The summed E-state index contributed by atoms with van der Waals surface area (Å²) < 4.78 is 0. The fourth-order valence-corrected chi connectivity index (χ4v) is 2.12.